The summed E-state index contributed by atoms with van der Waals surface area (Å²) in [6.45, 7) is 5.42. The summed E-state index contributed by atoms with van der Waals surface area (Å²) in [5.41, 5.74) is 1.43. The number of rotatable bonds is 5. The Balaban J connectivity index is 1.27. The summed E-state index contributed by atoms with van der Waals surface area (Å²) in [6.07, 6.45) is 6.51. The van der Waals surface area contributed by atoms with E-state index >= 15 is 0 Å². The molecule has 1 aliphatic heterocycles. The lowest BCUT2D eigenvalue weighted by Gasteiger charge is -2.33. The highest BCUT2D eigenvalue weighted by molar-refractivity contribution is 9.10. The molecule has 1 heterocycles. The van der Waals surface area contributed by atoms with E-state index in [0.717, 1.165) is 23.0 Å². The van der Waals surface area contributed by atoms with E-state index in [2.05, 4.69) is 67.6 Å². The molecule has 2 atom stereocenters. The molecule has 0 bridgehead atoms. The van der Waals surface area contributed by atoms with Crippen LogP contribution in [0.5, 0.6) is 0 Å². The van der Waals surface area contributed by atoms with Gasteiger partial charge in [0.15, 0.2) is 5.96 Å². The third-order valence-corrected chi connectivity index (χ3v) is 6.19. The number of hydrogen-bond acceptors (Lipinski definition) is 2. The quantitative estimate of drug-likeness (QED) is 0.582. The van der Waals surface area contributed by atoms with Gasteiger partial charge >= 0.3 is 0 Å². The Morgan fingerprint density at radius 3 is 2.48 bits per heavy atom. The van der Waals surface area contributed by atoms with Gasteiger partial charge in [-0.05, 0) is 56.7 Å². The third-order valence-electron chi connectivity index (χ3n) is 5.66. The van der Waals surface area contributed by atoms with E-state index in [1.165, 1.54) is 50.8 Å². The van der Waals surface area contributed by atoms with Crippen molar-refractivity contribution >= 4 is 21.9 Å². The lowest BCUT2D eigenvalue weighted by molar-refractivity contribution is 0.197. The van der Waals surface area contributed by atoms with Gasteiger partial charge in [-0.3, -0.25) is 4.99 Å². The lowest BCUT2D eigenvalue weighted by Crippen LogP contribution is -2.49. The third kappa shape index (κ3) is 4.56. The number of piperidine rings is 1. The summed E-state index contributed by atoms with van der Waals surface area (Å²) >= 11 is 3.51. The molecule has 1 aromatic rings. The molecule has 2 aliphatic carbocycles. The Bertz CT molecular complexity index is 603. The lowest BCUT2D eigenvalue weighted by atomic mass is 10.1. The fourth-order valence-electron chi connectivity index (χ4n) is 3.94. The van der Waals surface area contributed by atoms with Crippen LogP contribution < -0.4 is 10.6 Å². The first-order valence-corrected chi connectivity index (χ1v) is 10.6. The molecule has 1 saturated heterocycles. The second-order valence-electron chi connectivity index (χ2n) is 7.65. The van der Waals surface area contributed by atoms with Crippen molar-refractivity contribution in [2.75, 3.05) is 19.6 Å². The van der Waals surface area contributed by atoms with Gasteiger partial charge in [-0.25, -0.2) is 0 Å². The first-order chi connectivity index (χ1) is 12.2. The molecule has 2 saturated carbocycles. The molecule has 3 fully saturated rings. The highest BCUT2D eigenvalue weighted by Crippen LogP contribution is 2.41. The van der Waals surface area contributed by atoms with Crippen molar-refractivity contribution in [3.63, 3.8) is 0 Å². The summed E-state index contributed by atoms with van der Waals surface area (Å²) in [5.74, 6) is 1.63. The van der Waals surface area contributed by atoms with Crippen LogP contribution in [0.4, 0.5) is 0 Å². The van der Waals surface area contributed by atoms with Crippen LogP contribution in [0, 0.1) is 0 Å². The van der Waals surface area contributed by atoms with Crippen molar-refractivity contribution < 1.29 is 0 Å². The normalized spacial score (nSPS) is 28.0. The molecule has 5 heteroatoms. The molecular formula is C20H29BrN4. The molecule has 0 spiro atoms. The predicted molar refractivity (Wildman–Crippen MR) is 107 cm³/mol. The van der Waals surface area contributed by atoms with Crippen molar-refractivity contribution in [3.05, 3.63) is 34.3 Å². The maximum atomic E-state index is 4.68. The van der Waals surface area contributed by atoms with Crippen LogP contribution in [0.3, 0.4) is 0 Å². The predicted octanol–water partition coefficient (Wildman–Crippen LogP) is 3.49. The molecule has 4 rings (SSSR count). The van der Waals surface area contributed by atoms with Crippen molar-refractivity contribution in [1.82, 2.24) is 15.5 Å². The molecular weight excluding hydrogens is 376 g/mol. The second-order valence-corrected chi connectivity index (χ2v) is 8.57. The van der Waals surface area contributed by atoms with Crippen molar-refractivity contribution in [3.8, 4) is 0 Å². The van der Waals surface area contributed by atoms with Gasteiger partial charge in [0.1, 0.15) is 0 Å². The number of likely N-dealkylation sites (tertiary alicyclic amines) is 1. The van der Waals surface area contributed by atoms with Gasteiger partial charge in [-0.1, -0.05) is 28.1 Å². The van der Waals surface area contributed by atoms with Crippen molar-refractivity contribution in [1.29, 1.82) is 0 Å². The van der Waals surface area contributed by atoms with Crippen molar-refractivity contribution in [2.24, 2.45) is 4.99 Å². The fraction of sp³-hybridized carbons (Fsp3) is 0.650. The first-order valence-electron chi connectivity index (χ1n) is 9.80. The topological polar surface area (TPSA) is 39.7 Å². The maximum Gasteiger partial charge on any atom is 0.191 e. The molecule has 2 N–H and O–H groups in total. The fourth-order valence-corrected chi connectivity index (χ4v) is 4.21. The van der Waals surface area contributed by atoms with E-state index in [1.807, 2.05) is 0 Å². The first kappa shape index (κ1) is 17.3. The zero-order chi connectivity index (χ0) is 17.2. The van der Waals surface area contributed by atoms with Gasteiger partial charge in [0.25, 0.3) is 0 Å². The highest BCUT2D eigenvalue weighted by Gasteiger charge is 2.39. The standard InChI is InChI=1S/C20H29BrN4/c1-2-22-20(23-16-9-11-25(12-10-16)17-7-8-17)24-19-13-18(19)14-3-5-15(21)6-4-14/h3-6,16-19H,2,7-13H2,1H3,(H2,22,23,24). The molecule has 0 aromatic heterocycles. The van der Waals surface area contributed by atoms with Crippen molar-refractivity contribution in [2.45, 2.75) is 63.1 Å². The summed E-state index contributed by atoms with van der Waals surface area (Å²) in [4.78, 5) is 7.35. The summed E-state index contributed by atoms with van der Waals surface area (Å²) in [6, 6.07) is 10.7. The summed E-state index contributed by atoms with van der Waals surface area (Å²) in [5, 5.41) is 7.36. The summed E-state index contributed by atoms with van der Waals surface area (Å²) in [7, 11) is 0. The minimum absolute atomic E-state index is 0.519. The van der Waals surface area contributed by atoms with E-state index in [0.29, 0.717) is 18.0 Å². The zero-order valence-corrected chi connectivity index (χ0v) is 16.6. The second kappa shape index (κ2) is 7.67. The highest BCUT2D eigenvalue weighted by atomic mass is 79.9. The molecule has 2 unspecified atom stereocenters. The minimum atomic E-state index is 0.519. The number of nitrogens with zero attached hydrogens (tertiary/aromatic N) is 2. The van der Waals surface area contributed by atoms with Gasteiger partial charge < -0.3 is 15.5 Å². The Morgan fingerprint density at radius 2 is 1.84 bits per heavy atom. The number of hydrogen-bond donors (Lipinski definition) is 2. The zero-order valence-electron chi connectivity index (χ0n) is 15.0. The molecule has 0 radical (unpaired) electrons. The van der Waals surface area contributed by atoms with Crippen LogP contribution >= 0.6 is 15.9 Å². The van der Waals surface area contributed by atoms with Gasteiger partial charge in [0.2, 0.25) is 0 Å². The summed E-state index contributed by atoms with van der Waals surface area (Å²) < 4.78 is 1.15. The number of aliphatic imine (C=N–C) groups is 1. The van der Waals surface area contributed by atoms with Gasteiger partial charge in [-0.2, -0.15) is 0 Å². The average molecular weight is 405 g/mol. The van der Waals surface area contributed by atoms with Crippen LogP contribution in [0.25, 0.3) is 0 Å². The molecule has 4 nitrogen and oxygen atoms in total. The molecule has 3 aliphatic rings. The monoisotopic (exact) mass is 404 g/mol. The maximum absolute atomic E-state index is 4.68. The van der Waals surface area contributed by atoms with E-state index in [-0.39, 0.29) is 0 Å². The number of nitrogens with one attached hydrogen (secondary N) is 2. The van der Waals surface area contributed by atoms with Crippen LogP contribution in [-0.4, -0.2) is 48.6 Å². The Morgan fingerprint density at radius 1 is 1.12 bits per heavy atom. The molecule has 136 valence electrons. The minimum Gasteiger partial charge on any atom is -0.354 e. The Labute approximate surface area is 159 Å². The Hall–Kier alpha value is -1.07. The van der Waals surface area contributed by atoms with Crippen LogP contribution in [0.2, 0.25) is 0 Å². The average Bonchev–Trinajstić information content (AvgIpc) is 3.52. The number of benzene rings is 1. The molecule has 1 aromatic carbocycles. The van der Waals surface area contributed by atoms with Crippen LogP contribution in [0.15, 0.2) is 33.7 Å². The van der Waals surface area contributed by atoms with E-state index in [9.17, 15) is 0 Å². The number of guanidine groups is 1. The van der Waals surface area contributed by atoms with Gasteiger partial charge in [0, 0.05) is 48.2 Å². The number of halogens is 1. The van der Waals surface area contributed by atoms with E-state index in [4.69, 9.17) is 0 Å². The van der Waals surface area contributed by atoms with Crippen LogP contribution in [-0.2, 0) is 0 Å². The van der Waals surface area contributed by atoms with Gasteiger partial charge in [0.05, 0.1) is 0 Å². The Kier molecular flexibility index (Phi) is 5.32. The largest absolute Gasteiger partial charge is 0.354 e. The smallest absolute Gasteiger partial charge is 0.191 e. The van der Waals surface area contributed by atoms with E-state index in [1.54, 1.807) is 0 Å². The SMILES string of the molecule is CCN=C(NC1CCN(C2CC2)CC1)NC1CC1c1ccc(Br)cc1. The van der Waals surface area contributed by atoms with E-state index < -0.39 is 0 Å². The van der Waals surface area contributed by atoms with Crippen LogP contribution in [0.1, 0.15) is 50.5 Å². The molecule has 25 heavy (non-hydrogen) atoms. The van der Waals surface area contributed by atoms with Gasteiger partial charge in [-0.15, -0.1) is 0 Å². The molecule has 0 amide bonds.